The predicted octanol–water partition coefficient (Wildman–Crippen LogP) is 2.00. The molecule has 2 amide bonds. The van der Waals surface area contributed by atoms with Crippen molar-refractivity contribution in [3.8, 4) is 0 Å². The van der Waals surface area contributed by atoms with Gasteiger partial charge in [0.25, 0.3) is 0 Å². The van der Waals surface area contributed by atoms with Gasteiger partial charge >= 0.3 is 5.97 Å². The van der Waals surface area contributed by atoms with Gasteiger partial charge in [0.2, 0.25) is 11.8 Å². The van der Waals surface area contributed by atoms with Crippen LogP contribution in [-0.2, 0) is 23.9 Å². The van der Waals surface area contributed by atoms with E-state index in [1.54, 1.807) is 17.9 Å². The molecule has 1 spiro atoms. The van der Waals surface area contributed by atoms with E-state index in [2.05, 4.69) is 0 Å². The number of ether oxygens (including phenoxy) is 2. The third-order valence-electron chi connectivity index (χ3n) is 7.81. The summed E-state index contributed by atoms with van der Waals surface area (Å²) in [4.78, 5) is 44.9. The normalized spacial score (nSPS) is 35.2. The Hall–Kier alpha value is -2.97. The molecule has 2 saturated heterocycles. The van der Waals surface area contributed by atoms with Gasteiger partial charge in [-0.05, 0) is 32.8 Å². The van der Waals surface area contributed by atoms with Gasteiger partial charge in [-0.15, -0.1) is 0 Å². The largest absolute Gasteiger partial charge is 0.465 e. The highest BCUT2D eigenvalue weighted by Crippen LogP contribution is 2.58. The van der Waals surface area contributed by atoms with Crippen LogP contribution in [0.5, 0.6) is 0 Å². The maximum Gasteiger partial charge on any atom is 0.313 e. The van der Waals surface area contributed by atoms with Crippen LogP contribution in [-0.4, -0.2) is 75.7 Å². The molecule has 1 N–H and O–H groups in total. The summed E-state index contributed by atoms with van der Waals surface area (Å²) >= 11 is 0. The third-order valence-corrected chi connectivity index (χ3v) is 7.81. The van der Waals surface area contributed by atoms with Crippen molar-refractivity contribution in [3.63, 3.8) is 0 Å². The molecule has 1 aromatic rings. The summed E-state index contributed by atoms with van der Waals surface area (Å²) in [6.45, 7) is 5.85. The zero-order valence-corrected chi connectivity index (χ0v) is 20.3. The molecule has 4 heterocycles. The Labute approximate surface area is 205 Å². The second-order valence-corrected chi connectivity index (χ2v) is 10.2. The van der Waals surface area contributed by atoms with E-state index in [4.69, 9.17) is 9.47 Å². The van der Waals surface area contributed by atoms with E-state index in [1.807, 2.05) is 62.4 Å². The number of hydrogen-bond donors (Lipinski definition) is 1. The van der Waals surface area contributed by atoms with Crippen LogP contribution in [0.4, 0.5) is 0 Å². The van der Waals surface area contributed by atoms with Gasteiger partial charge in [-0.1, -0.05) is 54.6 Å². The molecule has 186 valence electrons. The number of likely N-dealkylation sites (tertiary alicyclic amines) is 1. The van der Waals surface area contributed by atoms with Gasteiger partial charge in [0.15, 0.2) is 0 Å². The van der Waals surface area contributed by atoms with E-state index < -0.39 is 41.1 Å². The van der Waals surface area contributed by atoms with Crippen LogP contribution in [0.2, 0.25) is 0 Å². The fourth-order valence-electron chi connectivity index (χ4n) is 6.27. The van der Waals surface area contributed by atoms with Crippen molar-refractivity contribution in [2.24, 2.45) is 11.8 Å². The molecule has 6 atom stereocenters. The number of fused-ring (bicyclic) bond motifs is 2. The smallest absolute Gasteiger partial charge is 0.313 e. The van der Waals surface area contributed by atoms with Crippen LogP contribution in [0, 0.1) is 11.8 Å². The Morgan fingerprint density at radius 3 is 2.49 bits per heavy atom. The molecule has 0 radical (unpaired) electrons. The number of amides is 2. The first-order valence-electron chi connectivity index (χ1n) is 12.3. The van der Waals surface area contributed by atoms with Crippen LogP contribution in [0.1, 0.15) is 38.8 Å². The SMILES string of the molecule is CC(C)N1CC=C[C@]23O[C@]4(C)C=CCCOC(=O)[C@@H]4[C@H]2C(=O)N([C@H](CO)c2ccccc2)C3C1=O. The quantitative estimate of drug-likeness (QED) is 0.523. The average molecular weight is 481 g/mol. The molecule has 0 aromatic heterocycles. The highest BCUT2D eigenvalue weighted by atomic mass is 16.6. The molecule has 8 heteroatoms. The van der Waals surface area contributed by atoms with E-state index >= 15 is 0 Å². The first kappa shape index (κ1) is 23.8. The Bertz CT molecular complexity index is 1080. The number of carbonyl (C=O) groups is 3. The number of rotatable bonds is 4. The summed E-state index contributed by atoms with van der Waals surface area (Å²) in [5, 5.41) is 10.5. The number of hydrogen-bond acceptors (Lipinski definition) is 6. The molecular weight excluding hydrogens is 448 g/mol. The summed E-state index contributed by atoms with van der Waals surface area (Å²) in [5.74, 6) is -3.03. The lowest BCUT2D eigenvalue weighted by Gasteiger charge is -2.41. The topological polar surface area (TPSA) is 96.4 Å². The molecule has 0 bridgehead atoms. The Kier molecular flexibility index (Phi) is 5.84. The van der Waals surface area contributed by atoms with Crippen molar-refractivity contribution < 1.29 is 29.0 Å². The number of nitrogens with zero attached hydrogens (tertiary/aromatic N) is 2. The third kappa shape index (κ3) is 3.45. The first-order valence-corrected chi connectivity index (χ1v) is 12.3. The maximum atomic E-state index is 14.3. The fourth-order valence-corrected chi connectivity index (χ4v) is 6.27. The minimum atomic E-state index is -1.37. The zero-order chi connectivity index (χ0) is 25.0. The van der Waals surface area contributed by atoms with Gasteiger partial charge in [-0.2, -0.15) is 0 Å². The molecule has 35 heavy (non-hydrogen) atoms. The second kappa shape index (κ2) is 8.60. The molecule has 0 saturated carbocycles. The minimum absolute atomic E-state index is 0.113. The highest BCUT2D eigenvalue weighted by Gasteiger charge is 2.75. The molecule has 1 unspecified atom stereocenters. The number of aliphatic hydroxyl groups is 1. The van der Waals surface area contributed by atoms with Gasteiger partial charge < -0.3 is 24.4 Å². The van der Waals surface area contributed by atoms with Crippen LogP contribution >= 0.6 is 0 Å². The number of benzene rings is 1. The predicted molar refractivity (Wildman–Crippen MR) is 127 cm³/mol. The van der Waals surface area contributed by atoms with Gasteiger partial charge in [0.1, 0.15) is 17.6 Å². The molecule has 5 rings (SSSR count). The van der Waals surface area contributed by atoms with Crippen molar-refractivity contribution in [2.45, 2.75) is 56.5 Å². The van der Waals surface area contributed by atoms with E-state index in [0.29, 0.717) is 18.5 Å². The molecule has 0 aliphatic carbocycles. The maximum absolute atomic E-state index is 14.3. The van der Waals surface area contributed by atoms with E-state index in [-0.39, 0.29) is 31.1 Å². The standard InChI is InChI=1S/C27H32N2O6/c1-17(2)28-14-9-13-27-20(21-25(33)34-15-8-7-12-26(21,3)35-27)23(31)29(22(27)24(28)32)19(16-30)18-10-5-4-6-11-18/h4-7,9-13,17,19-22,30H,8,14-16H2,1-3H3/t19-,20+,21+,22?,26-,27+/m1/s1. The molecule has 8 nitrogen and oxygen atoms in total. The summed E-state index contributed by atoms with van der Waals surface area (Å²) < 4.78 is 12.2. The minimum Gasteiger partial charge on any atom is -0.465 e. The summed E-state index contributed by atoms with van der Waals surface area (Å²) in [6.07, 6.45) is 7.95. The molecular formula is C27H32N2O6. The van der Waals surface area contributed by atoms with Crippen LogP contribution in [0.15, 0.2) is 54.6 Å². The number of carbonyl (C=O) groups excluding carboxylic acids is 3. The van der Waals surface area contributed by atoms with Crippen molar-refractivity contribution in [2.75, 3.05) is 19.8 Å². The number of cyclic esters (lactones) is 1. The molecule has 4 aliphatic rings. The van der Waals surface area contributed by atoms with Gasteiger partial charge in [0.05, 0.1) is 30.8 Å². The fraction of sp³-hybridized carbons (Fsp3) is 0.519. The van der Waals surface area contributed by atoms with E-state index in [0.717, 1.165) is 0 Å². The van der Waals surface area contributed by atoms with Gasteiger partial charge in [0, 0.05) is 12.6 Å². The lowest BCUT2D eigenvalue weighted by molar-refractivity contribution is -0.162. The Morgan fingerprint density at radius 1 is 1.06 bits per heavy atom. The highest BCUT2D eigenvalue weighted by molar-refractivity contribution is 5.99. The number of aliphatic hydroxyl groups excluding tert-OH is 1. The summed E-state index contributed by atoms with van der Waals surface area (Å²) in [7, 11) is 0. The van der Waals surface area contributed by atoms with E-state index in [1.165, 1.54) is 4.90 Å². The molecule has 2 fully saturated rings. The van der Waals surface area contributed by atoms with Crippen molar-refractivity contribution in [1.29, 1.82) is 0 Å². The van der Waals surface area contributed by atoms with Crippen molar-refractivity contribution >= 4 is 17.8 Å². The van der Waals surface area contributed by atoms with Crippen molar-refractivity contribution in [3.05, 3.63) is 60.2 Å². The average Bonchev–Trinajstić information content (AvgIpc) is 3.14. The van der Waals surface area contributed by atoms with Crippen molar-refractivity contribution in [1.82, 2.24) is 9.80 Å². The van der Waals surface area contributed by atoms with Gasteiger partial charge in [-0.25, -0.2) is 0 Å². The Balaban J connectivity index is 1.71. The second-order valence-electron chi connectivity index (χ2n) is 10.2. The molecule has 1 aromatic carbocycles. The summed E-state index contributed by atoms with van der Waals surface area (Å²) in [5.41, 5.74) is -1.77. The summed E-state index contributed by atoms with van der Waals surface area (Å²) in [6, 6.07) is 7.24. The first-order chi connectivity index (χ1) is 16.7. The lowest BCUT2D eigenvalue weighted by Crippen LogP contribution is -2.57. The van der Waals surface area contributed by atoms with Crippen LogP contribution in [0.3, 0.4) is 0 Å². The Morgan fingerprint density at radius 2 is 1.80 bits per heavy atom. The lowest BCUT2D eigenvalue weighted by atomic mass is 9.74. The van der Waals surface area contributed by atoms with E-state index in [9.17, 15) is 19.5 Å². The van der Waals surface area contributed by atoms with Crippen LogP contribution in [0.25, 0.3) is 0 Å². The molecule has 4 aliphatic heterocycles. The van der Waals surface area contributed by atoms with Crippen LogP contribution < -0.4 is 0 Å². The number of esters is 1. The van der Waals surface area contributed by atoms with Gasteiger partial charge in [-0.3, -0.25) is 14.4 Å². The monoisotopic (exact) mass is 480 g/mol. The zero-order valence-electron chi connectivity index (χ0n) is 20.3.